The number of hydrogen-bond donors (Lipinski definition) is 5. The fourth-order valence-corrected chi connectivity index (χ4v) is 12.3. The fraction of sp³-hybridized carbons (Fsp3) is 0.778. The molecule has 19 nitrogen and oxygen atoms in total. The van der Waals surface area contributed by atoms with Gasteiger partial charge in [-0.3, -0.25) is 9.78 Å². The second-order valence-corrected chi connectivity index (χ2v) is 23.4. The van der Waals surface area contributed by atoms with Gasteiger partial charge in [-0.15, -0.1) is 16.4 Å². The van der Waals surface area contributed by atoms with Gasteiger partial charge in [0.15, 0.2) is 12.6 Å². The van der Waals surface area contributed by atoms with Crippen LogP contribution in [0.2, 0.25) is 0 Å². The SMILES string of the molecule is CC[C@H]1OC(=O)[C@H](C)[C@@H](O[C@H]2C[C@@](C)(OC)[C@@H](O)[C@H](C)O2)[C@H](C)[C@@H](O[C@@H]2O[C@H](C)C[C@H](N(C)CCc3cn([C@H](CF)[C@H](OC)c4ccc(-c5cncs5)cc4)nn3)[C@H]2O)[C@](C)(O)C[C@@H](C)CN(C)[C@H](C)[C@@H](O)[C@]1(C)O. The minimum atomic E-state index is -1.85. The molecular formula is C54H87FN6O13S. The van der Waals surface area contributed by atoms with Crippen molar-refractivity contribution in [2.45, 2.75) is 204 Å². The smallest absolute Gasteiger partial charge is 0.311 e. The standard InChI is InChI=1S/C54H87FN6O13S/c1-15-42-54(10,67)47(63)34(6)60(12)27-30(2)23-52(8,66)49(32(4)45(33(5)50(65)72-42)73-43-24-53(9,69-14)48(64)35(7)71-43)74-51-44(62)39(22-31(3)70-51)59(11)21-20-38-28-61(58-57-38)40(25-55)46(68-13)37-18-16-36(17-19-37)41-26-56-29-75-41/h16-19,26,28-35,39-40,42-49,51,62-64,66-67H,15,20-25,27H2,1-14H3/t30-,31-,32+,33-,34-,35+,39+,40-,42-,43+,44-,45+,46-,47-,48+,49-,51+,52-,53-,54-/m1/s1. The highest BCUT2D eigenvalue weighted by molar-refractivity contribution is 7.13. The Hall–Kier alpha value is -3.13. The van der Waals surface area contributed by atoms with Crippen molar-refractivity contribution in [3.8, 4) is 10.4 Å². The molecule has 0 spiro atoms. The predicted molar refractivity (Wildman–Crippen MR) is 279 cm³/mol. The minimum Gasteiger partial charge on any atom is -0.459 e. The van der Waals surface area contributed by atoms with E-state index in [0.29, 0.717) is 31.6 Å². The lowest BCUT2D eigenvalue weighted by Crippen LogP contribution is -2.61. The number of methoxy groups -OCH3 is 2. The molecule has 75 heavy (non-hydrogen) atoms. The number of esters is 1. The molecule has 0 aliphatic carbocycles. The average Bonchev–Trinajstić information content (AvgIpc) is 4.09. The van der Waals surface area contributed by atoms with Crippen molar-refractivity contribution in [1.82, 2.24) is 29.8 Å². The Morgan fingerprint density at radius 3 is 2.29 bits per heavy atom. The first-order valence-electron chi connectivity index (χ1n) is 26.6. The highest BCUT2D eigenvalue weighted by Gasteiger charge is 2.53. The molecule has 0 unspecified atom stereocenters. The minimum absolute atomic E-state index is 0.0848. The number of thiazole rings is 1. The number of carbonyl (C=O) groups excluding carboxylic acids is 1. The van der Waals surface area contributed by atoms with Gasteiger partial charge in [0.2, 0.25) is 0 Å². The number of halogens is 1. The van der Waals surface area contributed by atoms with Crippen LogP contribution >= 0.6 is 11.3 Å². The molecule has 424 valence electrons. The summed E-state index contributed by atoms with van der Waals surface area (Å²) in [6.45, 7) is 17.5. The van der Waals surface area contributed by atoms with Crippen LogP contribution in [0.15, 0.2) is 42.2 Å². The van der Waals surface area contributed by atoms with Crippen molar-refractivity contribution < 1.29 is 67.9 Å². The molecule has 3 aliphatic rings. The maximum atomic E-state index is 14.9. The Bertz CT molecular complexity index is 2230. The molecule has 2 aromatic heterocycles. The molecule has 1 aromatic carbocycles. The van der Waals surface area contributed by atoms with Crippen LogP contribution in [0.4, 0.5) is 4.39 Å². The number of rotatable bonds is 16. The first-order chi connectivity index (χ1) is 35.3. The van der Waals surface area contributed by atoms with Gasteiger partial charge in [0.1, 0.15) is 48.8 Å². The molecule has 0 saturated carbocycles. The number of hydrogen-bond acceptors (Lipinski definition) is 19. The van der Waals surface area contributed by atoms with Gasteiger partial charge in [-0.1, -0.05) is 50.3 Å². The van der Waals surface area contributed by atoms with Gasteiger partial charge in [-0.2, -0.15) is 0 Å². The molecule has 21 heteroatoms. The van der Waals surface area contributed by atoms with Crippen LogP contribution in [-0.2, 0) is 44.4 Å². The molecule has 3 aromatic rings. The Labute approximate surface area is 446 Å². The zero-order chi connectivity index (χ0) is 55.3. The van der Waals surface area contributed by atoms with Crippen molar-refractivity contribution in [2.75, 3.05) is 48.1 Å². The monoisotopic (exact) mass is 1080 g/mol. The number of aliphatic hydroxyl groups excluding tert-OH is 3. The van der Waals surface area contributed by atoms with Gasteiger partial charge in [0.05, 0.1) is 57.6 Å². The summed E-state index contributed by atoms with van der Waals surface area (Å²) in [4.78, 5) is 23.6. The summed E-state index contributed by atoms with van der Waals surface area (Å²) in [6.07, 6.45) is -6.15. The summed E-state index contributed by atoms with van der Waals surface area (Å²) < 4.78 is 60.6. The van der Waals surface area contributed by atoms with Gasteiger partial charge >= 0.3 is 5.97 Å². The number of benzene rings is 1. The lowest BCUT2D eigenvalue weighted by atomic mass is 9.77. The van der Waals surface area contributed by atoms with Crippen LogP contribution in [0.25, 0.3) is 10.4 Å². The van der Waals surface area contributed by atoms with Gasteiger partial charge in [-0.25, -0.2) is 9.07 Å². The molecule has 0 amide bonds. The first-order valence-corrected chi connectivity index (χ1v) is 27.4. The molecule has 0 radical (unpaired) electrons. The molecule has 3 fully saturated rings. The van der Waals surface area contributed by atoms with E-state index >= 15 is 0 Å². The van der Waals surface area contributed by atoms with E-state index in [2.05, 4.69) is 15.3 Å². The van der Waals surface area contributed by atoms with E-state index in [1.54, 1.807) is 73.5 Å². The van der Waals surface area contributed by atoms with Crippen molar-refractivity contribution >= 4 is 17.3 Å². The number of aliphatic hydroxyl groups is 5. The van der Waals surface area contributed by atoms with Crippen LogP contribution in [0.1, 0.15) is 118 Å². The van der Waals surface area contributed by atoms with Crippen molar-refractivity contribution in [3.63, 3.8) is 0 Å². The second-order valence-electron chi connectivity index (χ2n) is 22.5. The summed E-state index contributed by atoms with van der Waals surface area (Å²) in [7, 11) is 6.76. The summed E-state index contributed by atoms with van der Waals surface area (Å²) in [5, 5.41) is 68.6. The number of carbonyl (C=O) groups is 1. The molecule has 6 rings (SSSR count). The largest absolute Gasteiger partial charge is 0.459 e. The molecule has 20 atom stereocenters. The normalized spacial score (nSPS) is 38.9. The van der Waals surface area contributed by atoms with E-state index in [9.17, 15) is 34.7 Å². The molecule has 0 bridgehead atoms. The van der Waals surface area contributed by atoms with E-state index in [0.717, 1.165) is 16.0 Å². The summed E-state index contributed by atoms with van der Waals surface area (Å²) in [6, 6.07) is 5.91. The van der Waals surface area contributed by atoms with E-state index in [1.165, 1.54) is 30.1 Å². The molecule has 5 heterocycles. The summed E-state index contributed by atoms with van der Waals surface area (Å²) >= 11 is 1.54. The number of nitrogens with zero attached hydrogens (tertiary/aromatic N) is 6. The Morgan fingerprint density at radius 2 is 1.68 bits per heavy atom. The van der Waals surface area contributed by atoms with Crippen molar-refractivity contribution in [3.05, 3.63) is 53.4 Å². The number of likely N-dealkylation sites (N-methyl/N-ethyl adjacent to an activating group) is 2. The van der Waals surface area contributed by atoms with E-state index in [4.69, 9.17) is 33.2 Å². The predicted octanol–water partition coefficient (Wildman–Crippen LogP) is 5.13. The average molecular weight is 1080 g/mol. The first kappa shape index (κ1) is 61.1. The Balaban J connectivity index is 1.26. The molecule has 3 aliphatic heterocycles. The van der Waals surface area contributed by atoms with Crippen molar-refractivity contribution in [1.29, 1.82) is 0 Å². The van der Waals surface area contributed by atoms with E-state index in [-0.39, 0.29) is 25.2 Å². The molecule has 3 saturated heterocycles. The van der Waals surface area contributed by atoms with Crippen LogP contribution < -0.4 is 0 Å². The lowest BCUT2D eigenvalue weighted by Gasteiger charge is -2.49. The van der Waals surface area contributed by atoms with Crippen LogP contribution in [0.5, 0.6) is 0 Å². The zero-order valence-corrected chi connectivity index (χ0v) is 47.3. The van der Waals surface area contributed by atoms with Gasteiger partial charge in [0, 0.05) is 70.5 Å². The quantitative estimate of drug-likeness (QED) is 0.117. The molecule has 5 N–H and O–H groups in total. The maximum absolute atomic E-state index is 14.9. The highest BCUT2D eigenvalue weighted by Crippen LogP contribution is 2.41. The van der Waals surface area contributed by atoms with E-state index in [1.807, 2.05) is 62.0 Å². The number of ether oxygens (including phenoxy) is 7. The maximum Gasteiger partial charge on any atom is 0.311 e. The molecular weight excluding hydrogens is 992 g/mol. The number of cyclic esters (lactones) is 1. The van der Waals surface area contributed by atoms with Gasteiger partial charge in [-0.05, 0) is 98.9 Å². The second kappa shape index (κ2) is 25.8. The van der Waals surface area contributed by atoms with Crippen molar-refractivity contribution in [2.24, 2.45) is 17.8 Å². The Morgan fingerprint density at radius 1 is 0.987 bits per heavy atom. The Kier molecular flexibility index (Phi) is 21.0. The third kappa shape index (κ3) is 14.0. The lowest BCUT2D eigenvalue weighted by molar-refractivity contribution is -0.318. The van der Waals surface area contributed by atoms with Gasteiger partial charge in [0.25, 0.3) is 0 Å². The topological polar surface area (TPSA) is 233 Å². The highest BCUT2D eigenvalue weighted by atomic mass is 32.1. The zero-order valence-electron chi connectivity index (χ0n) is 46.5. The fourth-order valence-electron chi connectivity index (χ4n) is 11.7. The van der Waals surface area contributed by atoms with Crippen LogP contribution in [0.3, 0.4) is 0 Å². The van der Waals surface area contributed by atoms with Crippen LogP contribution in [-0.4, -0.2) is 200 Å². The number of alkyl halides is 1. The van der Waals surface area contributed by atoms with E-state index < -0.39 is 127 Å². The number of aromatic nitrogens is 4. The van der Waals surface area contributed by atoms with Crippen LogP contribution in [0, 0.1) is 17.8 Å². The van der Waals surface area contributed by atoms with Gasteiger partial charge < -0.3 is 68.5 Å². The summed E-state index contributed by atoms with van der Waals surface area (Å²) in [5.41, 5.74) is -0.408. The third-order valence-corrected chi connectivity index (χ3v) is 17.3. The summed E-state index contributed by atoms with van der Waals surface area (Å²) in [5.74, 6) is -2.87. The third-order valence-electron chi connectivity index (χ3n) is 16.4.